The zero-order valence-corrected chi connectivity index (χ0v) is 19.6. The van der Waals surface area contributed by atoms with Crippen molar-refractivity contribution in [2.75, 3.05) is 37.7 Å². The van der Waals surface area contributed by atoms with Gasteiger partial charge < -0.3 is 15.0 Å². The third kappa shape index (κ3) is 4.51. The number of nitrogens with one attached hydrogen (secondary N) is 1. The van der Waals surface area contributed by atoms with Crippen LogP contribution in [-0.2, 0) is 11.3 Å². The van der Waals surface area contributed by atoms with E-state index in [2.05, 4.69) is 47.6 Å². The van der Waals surface area contributed by atoms with Gasteiger partial charge in [-0.25, -0.2) is 24.6 Å². The lowest BCUT2D eigenvalue weighted by atomic mass is 10.0. The van der Waals surface area contributed by atoms with Gasteiger partial charge in [0.1, 0.15) is 0 Å². The Morgan fingerprint density at radius 3 is 2.89 bits per heavy atom. The normalized spacial score (nSPS) is 18.1. The predicted molar refractivity (Wildman–Crippen MR) is 133 cm³/mol. The van der Waals surface area contributed by atoms with Crippen LogP contribution in [0.3, 0.4) is 0 Å². The van der Waals surface area contributed by atoms with E-state index in [0.717, 1.165) is 37.2 Å². The Morgan fingerprint density at radius 2 is 2.06 bits per heavy atom. The zero-order chi connectivity index (χ0) is 24.3. The van der Waals surface area contributed by atoms with Crippen molar-refractivity contribution in [1.29, 1.82) is 5.26 Å². The van der Waals surface area contributed by atoms with E-state index in [1.165, 1.54) is 5.57 Å². The summed E-state index contributed by atoms with van der Waals surface area (Å²) in [5.41, 5.74) is 5.45. The molecule has 2 aliphatic heterocycles. The molecule has 1 N–H and O–H groups in total. The lowest BCUT2D eigenvalue weighted by Gasteiger charge is -2.32. The van der Waals surface area contributed by atoms with Gasteiger partial charge in [0.2, 0.25) is 11.6 Å². The largest absolute Gasteiger partial charge is 0.373 e. The minimum absolute atomic E-state index is 0.133. The Kier molecular flexibility index (Phi) is 6.03. The van der Waals surface area contributed by atoms with E-state index in [0.29, 0.717) is 48.2 Å². The van der Waals surface area contributed by atoms with E-state index in [4.69, 9.17) is 9.72 Å². The second-order valence-corrected chi connectivity index (χ2v) is 8.76. The van der Waals surface area contributed by atoms with Crippen molar-refractivity contribution in [3.05, 3.63) is 60.1 Å². The Balaban J connectivity index is 1.18. The number of hydrogen-bond donors (Lipinski definition) is 1. The molecule has 36 heavy (non-hydrogen) atoms. The highest BCUT2D eigenvalue weighted by Crippen LogP contribution is 2.22. The predicted octanol–water partition coefficient (Wildman–Crippen LogP) is 1.83. The number of rotatable bonds is 5. The van der Waals surface area contributed by atoms with E-state index in [1.54, 1.807) is 23.0 Å². The fourth-order valence-corrected chi connectivity index (χ4v) is 4.50. The van der Waals surface area contributed by atoms with Crippen molar-refractivity contribution in [3.8, 4) is 17.3 Å². The van der Waals surface area contributed by atoms with E-state index >= 15 is 0 Å². The first-order valence-electron chi connectivity index (χ1n) is 11.9. The Morgan fingerprint density at radius 1 is 1.14 bits per heavy atom. The molecule has 1 aromatic carbocycles. The highest BCUT2D eigenvalue weighted by molar-refractivity contribution is 5.70. The third-order valence-electron chi connectivity index (χ3n) is 6.39. The van der Waals surface area contributed by atoms with Crippen LogP contribution in [0.5, 0.6) is 0 Å². The molecule has 1 atom stereocenters. The number of hydrogen-bond acceptors (Lipinski definition) is 10. The molecule has 0 bridgehead atoms. The average Bonchev–Trinajstić information content (AvgIpc) is 3.35. The summed E-state index contributed by atoms with van der Waals surface area (Å²) < 4.78 is 7.75. The molecule has 0 spiro atoms. The Labute approximate surface area is 207 Å². The number of aromatic nitrogens is 7. The third-order valence-corrected chi connectivity index (χ3v) is 6.39. The van der Waals surface area contributed by atoms with Crippen LogP contribution in [0.15, 0.2) is 48.9 Å². The number of morpholine rings is 1. The van der Waals surface area contributed by atoms with Crippen molar-refractivity contribution in [3.63, 3.8) is 0 Å². The average molecular weight is 481 g/mol. The quantitative estimate of drug-likeness (QED) is 0.451. The second kappa shape index (κ2) is 9.77. The first kappa shape index (κ1) is 22.2. The summed E-state index contributed by atoms with van der Waals surface area (Å²) in [4.78, 5) is 20.6. The van der Waals surface area contributed by atoms with Gasteiger partial charge in [-0.2, -0.15) is 5.26 Å². The highest BCUT2D eigenvalue weighted by atomic mass is 16.5. The molecular weight excluding hydrogens is 456 g/mol. The molecule has 2 aliphatic rings. The van der Waals surface area contributed by atoms with Crippen LogP contribution in [0, 0.1) is 11.3 Å². The second-order valence-electron chi connectivity index (χ2n) is 8.76. The molecule has 0 aliphatic carbocycles. The number of benzene rings is 1. The summed E-state index contributed by atoms with van der Waals surface area (Å²) in [6, 6.07) is 9.44. The summed E-state index contributed by atoms with van der Waals surface area (Å²) in [6.07, 6.45) is 8.52. The lowest BCUT2D eigenvalue weighted by molar-refractivity contribution is 0.0273. The molecule has 0 unspecified atom stereocenters. The molecule has 5 heterocycles. The van der Waals surface area contributed by atoms with Gasteiger partial charge in [-0.05, 0) is 30.7 Å². The van der Waals surface area contributed by atoms with Gasteiger partial charge in [0, 0.05) is 43.2 Å². The van der Waals surface area contributed by atoms with Crippen LogP contribution in [0.2, 0.25) is 0 Å². The lowest BCUT2D eigenvalue weighted by Crippen LogP contribution is -2.45. The zero-order valence-electron chi connectivity index (χ0n) is 19.6. The van der Waals surface area contributed by atoms with Crippen molar-refractivity contribution in [1.82, 2.24) is 40.2 Å². The molecular formula is C25H24N10O. The number of ether oxygens (including phenoxy) is 1. The Hall–Kier alpha value is -4.27. The molecule has 180 valence electrons. The van der Waals surface area contributed by atoms with Crippen LogP contribution in [0.4, 0.5) is 5.95 Å². The maximum atomic E-state index is 9.21. The van der Waals surface area contributed by atoms with Crippen LogP contribution in [-0.4, -0.2) is 73.8 Å². The molecule has 0 radical (unpaired) electrons. The molecule has 11 nitrogen and oxygen atoms in total. The van der Waals surface area contributed by atoms with Crippen LogP contribution in [0.1, 0.15) is 17.5 Å². The molecule has 0 amide bonds. The van der Waals surface area contributed by atoms with Crippen molar-refractivity contribution in [2.45, 2.75) is 19.1 Å². The van der Waals surface area contributed by atoms with Crippen LogP contribution < -0.4 is 10.2 Å². The summed E-state index contributed by atoms with van der Waals surface area (Å²) in [5, 5.41) is 21.0. The standard InChI is InChI=1S/C25H24N10O/c26-11-17-2-1-3-19(10-17)22-14-28-23-24(31-22)35(33-32-23)16-21-15-34(8-9-36-21)25-29-12-20(13-30-25)18-4-6-27-7-5-18/h1-4,10,12-14,21,27H,5-9,15-16H2/t21-/m1/s1. The molecule has 6 rings (SSSR count). The fourth-order valence-electron chi connectivity index (χ4n) is 4.50. The molecule has 11 heteroatoms. The smallest absolute Gasteiger partial charge is 0.225 e. The maximum Gasteiger partial charge on any atom is 0.225 e. The van der Waals surface area contributed by atoms with Crippen LogP contribution in [0.25, 0.3) is 28.1 Å². The first-order chi connectivity index (χ1) is 17.8. The number of nitrogens with zero attached hydrogens (tertiary/aromatic N) is 9. The number of anilines is 1. The molecule has 3 aromatic heterocycles. The van der Waals surface area contributed by atoms with Crippen LogP contribution >= 0.6 is 0 Å². The maximum absolute atomic E-state index is 9.21. The van der Waals surface area contributed by atoms with E-state index < -0.39 is 0 Å². The van der Waals surface area contributed by atoms with E-state index in [1.807, 2.05) is 24.5 Å². The van der Waals surface area contributed by atoms with Crippen molar-refractivity contribution in [2.24, 2.45) is 0 Å². The van der Waals surface area contributed by atoms with E-state index in [9.17, 15) is 5.26 Å². The van der Waals surface area contributed by atoms with Gasteiger partial charge in [0.25, 0.3) is 0 Å². The van der Waals surface area contributed by atoms with Gasteiger partial charge >= 0.3 is 0 Å². The monoisotopic (exact) mass is 480 g/mol. The number of fused-ring (bicyclic) bond motifs is 1. The van der Waals surface area contributed by atoms with Crippen molar-refractivity contribution < 1.29 is 4.74 Å². The number of nitriles is 1. The highest BCUT2D eigenvalue weighted by Gasteiger charge is 2.24. The minimum atomic E-state index is -0.133. The summed E-state index contributed by atoms with van der Waals surface area (Å²) >= 11 is 0. The molecule has 0 saturated carbocycles. The van der Waals surface area contributed by atoms with Crippen molar-refractivity contribution >= 4 is 22.8 Å². The summed E-state index contributed by atoms with van der Waals surface area (Å²) in [7, 11) is 0. The van der Waals surface area contributed by atoms with Gasteiger partial charge in [0.05, 0.1) is 42.8 Å². The minimum Gasteiger partial charge on any atom is -0.373 e. The topological polar surface area (TPSA) is 131 Å². The van der Waals surface area contributed by atoms with E-state index in [-0.39, 0.29) is 6.10 Å². The van der Waals surface area contributed by atoms with Gasteiger partial charge in [0.15, 0.2) is 5.65 Å². The van der Waals surface area contributed by atoms with Gasteiger partial charge in [-0.1, -0.05) is 23.4 Å². The summed E-state index contributed by atoms with van der Waals surface area (Å²) in [6.45, 7) is 4.26. The molecule has 1 saturated heterocycles. The Bertz CT molecular complexity index is 1460. The molecule has 4 aromatic rings. The fraction of sp³-hybridized carbons (Fsp3) is 0.320. The SMILES string of the molecule is N#Cc1cccc(-c2cnc3nnn(C[C@H]4CN(c5ncc(C6=CCNCC6)cn5)CCO4)c3n2)c1. The van der Waals surface area contributed by atoms with Gasteiger partial charge in [-0.15, -0.1) is 5.10 Å². The molecule has 1 fully saturated rings. The summed E-state index contributed by atoms with van der Waals surface area (Å²) in [5.74, 6) is 0.699. The first-order valence-corrected chi connectivity index (χ1v) is 11.9. The van der Waals surface area contributed by atoms with Gasteiger partial charge in [-0.3, -0.25) is 0 Å².